The molecule has 0 aliphatic heterocycles. The highest BCUT2D eigenvalue weighted by Crippen LogP contribution is 2.31. The molecule has 0 saturated heterocycles. The van der Waals surface area contributed by atoms with Crippen LogP contribution < -0.4 is 5.73 Å². The quantitative estimate of drug-likeness (QED) is 0.584. The summed E-state index contributed by atoms with van der Waals surface area (Å²) >= 11 is 0. The first kappa shape index (κ1) is 12.0. The second-order valence-corrected chi connectivity index (χ2v) is 4.12. The van der Waals surface area contributed by atoms with E-state index < -0.39 is 0 Å². The molecular weight excluding hydrogens is 146 g/mol. The summed E-state index contributed by atoms with van der Waals surface area (Å²) in [5.74, 6) is 0. The van der Waals surface area contributed by atoms with E-state index >= 15 is 0 Å². The summed E-state index contributed by atoms with van der Waals surface area (Å²) in [5, 5.41) is 0. The Hall–Kier alpha value is -0.0400. The molecular formula is C11H25N. The topological polar surface area (TPSA) is 26.0 Å². The van der Waals surface area contributed by atoms with E-state index in [4.69, 9.17) is 5.73 Å². The third kappa shape index (κ3) is 4.76. The lowest BCUT2D eigenvalue weighted by atomic mass is 9.80. The van der Waals surface area contributed by atoms with E-state index in [-0.39, 0.29) is 0 Å². The number of rotatable bonds is 7. The summed E-state index contributed by atoms with van der Waals surface area (Å²) in [6.07, 6.45) is 7.86. The zero-order valence-electron chi connectivity index (χ0n) is 9.03. The predicted octanol–water partition coefficient (Wildman–Crippen LogP) is 3.33. The van der Waals surface area contributed by atoms with Gasteiger partial charge in [-0.2, -0.15) is 0 Å². The van der Waals surface area contributed by atoms with Crippen molar-refractivity contribution in [3.05, 3.63) is 0 Å². The highest BCUT2D eigenvalue weighted by atomic mass is 14.5. The van der Waals surface area contributed by atoms with E-state index in [1.807, 2.05) is 0 Å². The summed E-state index contributed by atoms with van der Waals surface area (Å²) in [5.41, 5.74) is 6.04. The van der Waals surface area contributed by atoms with Gasteiger partial charge in [-0.25, -0.2) is 0 Å². The molecule has 0 aromatic carbocycles. The summed E-state index contributed by atoms with van der Waals surface area (Å²) < 4.78 is 0. The van der Waals surface area contributed by atoms with Crippen molar-refractivity contribution in [1.82, 2.24) is 0 Å². The maximum absolute atomic E-state index is 5.44. The highest BCUT2D eigenvalue weighted by molar-refractivity contribution is 4.70. The molecule has 0 atom stereocenters. The van der Waals surface area contributed by atoms with Crippen molar-refractivity contribution >= 4 is 0 Å². The molecule has 74 valence electrons. The second-order valence-electron chi connectivity index (χ2n) is 4.12. The van der Waals surface area contributed by atoms with Crippen molar-refractivity contribution in [3.8, 4) is 0 Å². The molecule has 0 aliphatic carbocycles. The molecule has 0 fully saturated rings. The fourth-order valence-corrected chi connectivity index (χ4v) is 1.48. The number of nitrogens with two attached hydrogens (primary N) is 1. The van der Waals surface area contributed by atoms with Crippen molar-refractivity contribution < 1.29 is 0 Å². The minimum Gasteiger partial charge on any atom is -0.330 e. The minimum atomic E-state index is 0.592. The van der Waals surface area contributed by atoms with Gasteiger partial charge >= 0.3 is 0 Å². The molecule has 0 aromatic heterocycles. The monoisotopic (exact) mass is 171 g/mol. The van der Waals surface area contributed by atoms with Gasteiger partial charge in [-0.3, -0.25) is 0 Å². The van der Waals surface area contributed by atoms with Crippen LogP contribution in [0.5, 0.6) is 0 Å². The Kier molecular flexibility index (Phi) is 6.45. The standard InChI is InChI=1S/C11H25N/c1-4-11(3,5-2)9-7-6-8-10-12/h4-10,12H2,1-3H3. The molecule has 0 rings (SSSR count). The summed E-state index contributed by atoms with van der Waals surface area (Å²) in [6, 6.07) is 0. The molecule has 1 heteroatoms. The second kappa shape index (κ2) is 6.47. The molecule has 1 nitrogen and oxygen atoms in total. The average molecular weight is 171 g/mol. The Labute approximate surface area is 77.7 Å². The molecule has 0 radical (unpaired) electrons. The SMILES string of the molecule is CCC(C)(CC)CCCCCN. The molecule has 0 amide bonds. The third-order valence-corrected chi connectivity index (χ3v) is 3.19. The maximum atomic E-state index is 5.44. The minimum absolute atomic E-state index is 0.592. The summed E-state index contributed by atoms with van der Waals surface area (Å²) in [4.78, 5) is 0. The van der Waals surface area contributed by atoms with Gasteiger partial charge < -0.3 is 5.73 Å². The Bertz CT molecular complexity index is 95.2. The van der Waals surface area contributed by atoms with Crippen LogP contribution >= 0.6 is 0 Å². The zero-order valence-corrected chi connectivity index (χ0v) is 9.03. The Morgan fingerprint density at radius 2 is 1.58 bits per heavy atom. The van der Waals surface area contributed by atoms with E-state index in [9.17, 15) is 0 Å². The normalized spacial score (nSPS) is 12.0. The van der Waals surface area contributed by atoms with Crippen molar-refractivity contribution in [3.63, 3.8) is 0 Å². The van der Waals surface area contributed by atoms with Crippen molar-refractivity contribution in [2.45, 2.75) is 59.3 Å². The molecule has 0 unspecified atom stereocenters. The predicted molar refractivity (Wildman–Crippen MR) is 56.2 cm³/mol. The summed E-state index contributed by atoms with van der Waals surface area (Å²) in [6.45, 7) is 7.85. The van der Waals surface area contributed by atoms with Crippen LogP contribution in [0, 0.1) is 5.41 Å². The summed E-state index contributed by atoms with van der Waals surface area (Å²) in [7, 11) is 0. The van der Waals surface area contributed by atoms with Crippen LogP contribution in [-0.2, 0) is 0 Å². The number of hydrogen-bond acceptors (Lipinski definition) is 1. The molecule has 0 aliphatic rings. The van der Waals surface area contributed by atoms with E-state index in [1.165, 1.54) is 38.5 Å². The molecule has 0 bridgehead atoms. The Balaban J connectivity index is 3.45. The Morgan fingerprint density at radius 1 is 1.00 bits per heavy atom. The first-order valence-corrected chi connectivity index (χ1v) is 5.38. The van der Waals surface area contributed by atoms with E-state index in [0.29, 0.717) is 5.41 Å². The van der Waals surface area contributed by atoms with Crippen LogP contribution in [0.2, 0.25) is 0 Å². The van der Waals surface area contributed by atoms with Crippen molar-refractivity contribution in [1.29, 1.82) is 0 Å². The van der Waals surface area contributed by atoms with Gasteiger partial charge in [0.15, 0.2) is 0 Å². The third-order valence-electron chi connectivity index (χ3n) is 3.19. The molecule has 0 heterocycles. The molecule has 0 saturated carbocycles. The Morgan fingerprint density at radius 3 is 2.00 bits per heavy atom. The van der Waals surface area contributed by atoms with Gasteiger partial charge in [-0.05, 0) is 24.8 Å². The zero-order chi connectivity index (χ0) is 9.45. The lowest BCUT2D eigenvalue weighted by Gasteiger charge is -2.26. The smallest absolute Gasteiger partial charge is 0.00773 e. The van der Waals surface area contributed by atoms with Gasteiger partial charge in [0.25, 0.3) is 0 Å². The van der Waals surface area contributed by atoms with Gasteiger partial charge in [-0.15, -0.1) is 0 Å². The van der Waals surface area contributed by atoms with Crippen LogP contribution in [0.15, 0.2) is 0 Å². The molecule has 12 heavy (non-hydrogen) atoms. The largest absolute Gasteiger partial charge is 0.330 e. The van der Waals surface area contributed by atoms with Gasteiger partial charge in [0.05, 0.1) is 0 Å². The number of unbranched alkanes of at least 4 members (excludes halogenated alkanes) is 2. The van der Waals surface area contributed by atoms with Crippen molar-refractivity contribution in [2.75, 3.05) is 6.54 Å². The van der Waals surface area contributed by atoms with Crippen LogP contribution in [-0.4, -0.2) is 6.54 Å². The van der Waals surface area contributed by atoms with Crippen LogP contribution in [0.3, 0.4) is 0 Å². The van der Waals surface area contributed by atoms with Crippen LogP contribution in [0.4, 0.5) is 0 Å². The maximum Gasteiger partial charge on any atom is -0.00773 e. The fourth-order valence-electron chi connectivity index (χ4n) is 1.48. The van der Waals surface area contributed by atoms with Gasteiger partial charge in [-0.1, -0.05) is 46.5 Å². The van der Waals surface area contributed by atoms with E-state index in [0.717, 1.165) is 6.54 Å². The molecule has 0 aromatic rings. The van der Waals surface area contributed by atoms with Crippen LogP contribution in [0.25, 0.3) is 0 Å². The highest BCUT2D eigenvalue weighted by Gasteiger charge is 2.18. The van der Waals surface area contributed by atoms with E-state index in [2.05, 4.69) is 20.8 Å². The average Bonchev–Trinajstić information content (AvgIpc) is 2.12. The van der Waals surface area contributed by atoms with Crippen molar-refractivity contribution in [2.24, 2.45) is 11.1 Å². The van der Waals surface area contributed by atoms with Gasteiger partial charge in [0, 0.05) is 0 Å². The lowest BCUT2D eigenvalue weighted by molar-refractivity contribution is 0.262. The number of hydrogen-bond donors (Lipinski definition) is 1. The van der Waals surface area contributed by atoms with Crippen LogP contribution in [0.1, 0.15) is 59.3 Å². The molecule has 0 spiro atoms. The lowest BCUT2D eigenvalue weighted by Crippen LogP contribution is -2.13. The van der Waals surface area contributed by atoms with Gasteiger partial charge in [0.2, 0.25) is 0 Å². The first-order chi connectivity index (χ1) is 5.68. The molecule has 2 N–H and O–H groups in total. The fraction of sp³-hybridized carbons (Fsp3) is 1.00. The van der Waals surface area contributed by atoms with E-state index in [1.54, 1.807) is 0 Å². The first-order valence-electron chi connectivity index (χ1n) is 5.38. The van der Waals surface area contributed by atoms with Gasteiger partial charge in [0.1, 0.15) is 0 Å².